The molecule has 148 valence electrons. The molecule has 6 nitrogen and oxygen atoms in total. The van der Waals surface area contributed by atoms with Crippen LogP contribution in [0.3, 0.4) is 0 Å². The van der Waals surface area contributed by atoms with Crippen molar-refractivity contribution in [3.8, 4) is 11.5 Å². The van der Waals surface area contributed by atoms with Crippen LogP contribution in [0.4, 0.5) is 20.3 Å². The van der Waals surface area contributed by atoms with Crippen molar-refractivity contribution in [3.63, 3.8) is 0 Å². The first kappa shape index (κ1) is 19.1. The summed E-state index contributed by atoms with van der Waals surface area (Å²) >= 11 is 6.04. The fourth-order valence-electron chi connectivity index (χ4n) is 3.20. The van der Waals surface area contributed by atoms with Gasteiger partial charge in [0.15, 0.2) is 11.6 Å². The summed E-state index contributed by atoms with van der Waals surface area (Å²) in [4.78, 5) is 14.2. The predicted octanol–water partition coefficient (Wildman–Crippen LogP) is 4.20. The number of benzene rings is 2. The second-order valence-corrected chi connectivity index (χ2v) is 6.88. The number of hydrogen-bond donors (Lipinski definition) is 1. The Hall–Kier alpha value is -3.26. The zero-order valence-electron chi connectivity index (χ0n) is 15.2. The minimum Gasteiger partial charge on any atom is -0.450 e. The highest BCUT2D eigenvalue weighted by Crippen LogP contribution is 2.42. The SMILES string of the molecule is CN1C(=O)[C@H](Nc2cccnn2)Cc2ccc(F)c(Oc3cc(F)ccc3Cl)c21. The molecule has 1 aliphatic rings. The highest BCUT2D eigenvalue weighted by atomic mass is 35.5. The van der Waals surface area contributed by atoms with Crippen molar-refractivity contribution in [1.29, 1.82) is 0 Å². The maximum Gasteiger partial charge on any atom is 0.249 e. The average molecular weight is 417 g/mol. The second kappa shape index (κ2) is 7.63. The van der Waals surface area contributed by atoms with E-state index in [1.807, 2.05) is 0 Å². The van der Waals surface area contributed by atoms with Gasteiger partial charge >= 0.3 is 0 Å². The summed E-state index contributed by atoms with van der Waals surface area (Å²) in [6.07, 6.45) is 1.81. The molecular weight excluding hydrogens is 402 g/mol. The summed E-state index contributed by atoms with van der Waals surface area (Å²) in [7, 11) is 1.52. The molecule has 29 heavy (non-hydrogen) atoms. The van der Waals surface area contributed by atoms with Crippen LogP contribution >= 0.6 is 11.6 Å². The number of rotatable bonds is 4. The topological polar surface area (TPSA) is 67.4 Å². The molecule has 2 heterocycles. The Morgan fingerprint density at radius 1 is 1.24 bits per heavy atom. The number of fused-ring (bicyclic) bond motifs is 1. The van der Waals surface area contributed by atoms with E-state index in [0.29, 0.717) is 11.4 Å². The van der Waals surface area contributed by atoms with Crippen molar-refractivity contribution >= 4 is 29.0 Å². The summed E-state index contributed by atoms with van der Waals surface area (Å²) in [5.74, 6) is -1.35. The lowest BCUT2D eigenvalue weighted by Gasteiger charge is -2.33. The zero-order valence-corrected chi connectivity index (χ0v) is 16.0. The first-order valence-electron chi connectivity index (χ1n) is 8.70. The Bertz CT molecular complexity index is 1080. The number of halogens is 3. The minimum absolute atomic E-state index is 0.0420. The fraction of sp³-hybridized carbons (Fsp3) is 0.150. The number of amides is 1. The Morgan fingerprint density at radius 3 is 2.83 bits per heavy atom. The fourth-order valence-corrected chi connectivity index (χ4v) is 3.36. The van der Waals surface area contributed by atoms with E-state index < -0.39 is 17.7 Å². The molecule has 0 bridgehead atoms. The molecule has 2 aromatic carbocycles. The second-order valence-electron chi connectivity index (χ2n) is 6.47. The van der Waals surface area contributed by atoms with E-state index in [2.05, 4.69) is 15.5 Å². The van der Waals surface area contributed by atoms with Crippen molar-refractivity contribution < 1.29 is 18.3 Å². The molecule has 3 aromatic rings. The summed E-state index contributed by atoms with van der Waals surface area (Å²) in [6.45, 7) is 0. The molecule has 0 saturated heterocycles. The molecule has 9 heteroatoms. The number of anilines is 2. The molecule has 1 N–H and O–H groups in total. The number of ether oxygens (including phenoxy) is 1. The lowest BCUT2D eigenvalue weighted by Crippen LogP contribution is -2.46. The molecule has 1 aromatic heterocycles. The third-order valence-electron chi connectivity index (χ3n) is 4.55. The molecule has 1 aliphatic heterocycles. The third-order valence-corrected chi connectivity index (χ3v) is 4.87. The number of carbonyl (C=O) groups excluding carboxylic acids is 1. The molecule has 0 saturated carbocycles. The van der Waals surface area contributed by atoms with Gasteiger partial charge in [0, 0.05) is 25.7 Å². The standard InChI is InChI=1S/C20H15ClF2N4O2/c1-27-18-11(9-15(20(27)28)25-17-3-2-8-24-26-17)4-7-14(23)19(18)29-16-10-12(22)5-6-13(16)21/h2-8,10,15H,9H2,1H3,(H,25,26)/t15-/m1/s1. The van der Waals surface area contributed by atoms with E-state index in [4.69, 9.17) is 16.3 Å². The lowest BCUT2D eigenvalue weighted by atomic mass is 9.96. The Labute approximate surface area is 170 Å². The summed E-state index contributed by atoms with van der Waals surface area (Å²) in [5, 5.41) is 10.9. The van der Waals surface area contributed by atoms with Gasteiger partial charge in [-0.05, 0) is 35.9 Å². The highest BCUT2D eigenvalue weighted by molar-refractivity contribution is 6.32. The van der Waals surface area contributed by atoms with E-state index in [1.165, 1.54) is 36.3 Å². The van der Waals surface area contributed by atoms with E-state index in [9.17, 15) is 13.6 Å². The van der Waals surface area contributed by atoms with E-state index in [0.717, 1.165) is 6.07 Å². The predicted molar refractivity (Wildman–Crippen MR) is 104 cm³/mol. The van der Waals surface area contributed by atoms with Gasteiger partial charge in [0.2, 0.25) is 5.91 Å². The number of nitrogens with one attached hydrogen (secondary N) is 1. The Kier molecular flexibility index (Phi) is 5.02. The van der Waals surface area contributed by atoms with Crippen LogP contribution in [0.15, 0.2) is 48.7 Å². The van der Waals surface area contributed by atoms with E-state index >= 15 is 0 Å². The van der Waals surface area contributed by atoms with Gasteiger partial charge in [0.25, 0.3) is 0 Å². The zero-order chi connectivity index (χ0) is 20.5. The van der Waals surface area contributed by atoms with Crippen molar-refractivity contribution in [3.05, 3.63) is 70.9 Å². The van der Waals surface area contributed by atoms with Crippen molar-refractivity contribution in [2.45, 2.75) is 12.5 Å². The van der Waals surface area contributed by atoms with Crippen molar-refractivity contribution in [2.24, 2.45) is 0 Å². The smallest absolute Gasteiger partial charge is 0.249 e. The van der Waals surface area contributed by atoms with Gasteiger partial charge in [-0.1, -0.05) is 17.7 Å². The van der Waals surface area contributed by atoms with Gasteiger partial charge in [-0.25, -0.2) is 8.78 Å². The average Bonchev–Trinajstić information content (AvgIpc) is 2.71. The molecule has 0 fully saturated rings. The summed E-state index contributed by atoms with van der Waals surface area (Å²) in [5.41, 5.74) is 0.949. The molecule has 0 aliphatic carbocycles. The maximum atomic E-state index is 14.6. The number of likely N-dealkylation sites (N-methyl/N-ethyl adjacent to an activating group) is 1. The van der Waals surface area contributed by atoms with Crippen LogP contribution in [0.2, 0.25) is 5.02 Å². The van der Waals surface area contributed by atoms with Gasteiger partial charge in [0.05, 0.1) is 10.7 Å². The minimum atomic E-state index is -0.691. The Morgan fingerprint density at radius 2 is 2.07 bits per heavy atom. The monoisotopic (exact) mass is 416 g/mol. The molecule has 0 spiro atoms. The molecule has 1 amide bonds. The van der Waals surface area contributed by atoms with Crippen LogP contribution < -0.4 is 15.0 Å². The first-order chi connectivity index (χ1) is 13.9. The number of aromatic nitrogens is 2. The third kappa shape index (κ3) is 3.71. The van der Waals surface area contributed by atoms with Crippen LogP contribution in [0.1, 0.15) is 5.56 Å². The van der Waals surface area contributed by atoms with Crippen molar-refractivity contribution in [2.75, 3.05) is 17.3 Å². The molecule has 1 atom stereocenters. The quantitative estimate of drug-likeness (QED) is 0.690. The largest absolute Gasteiger partial charge is 0.450 e. The van der Waals surface area contributed by atoms with Gasteiger partial charge in [-0.3, -0.25) is 4.79 Å². The molecule has 4 rings (SSSR count). The van der Waals surface area contributed by atoms with E-state index in [1.54, 1.807) is 18.2 Å². The van der Waals surface area contributed by atoms with E-state index in [-0.39, 0.29) is 34.5 Å². The number of hydrogen-bond acceptors (Lipinski definition) is 5. The Balaban J connectivity index is 1.70. The summed E-state index contributed by atoms with van der Waals surface area (Å²) < 4.78 is 33.8. The number of carbonyl (C=O) groups is 1. The van der Waals surface area contributed by atoms with Gasteiger partial charge < -0.3 is 15.0 Å². The first-order valence-corrected chi connectivity index (χ1v) is 9.08. The van der Waals surface area contributed by atoms with Crippen LogP contribution in [0.5, 0.6) is 11.5 Å². The van der Waals surface area contributed by atoms with Gasteiger partial charge in [-0.15, -0.1) is 5.10 Å². The highest BCUT2D eigenvalue weighted by Gasteiger charge is 2.34. The van der Waals surface area contributed by atoms with Gasteiger partial charge in [-0.2, -0.15) is 5.10 Å². The molecular formula is C20H15ClF2N4O2. The number of nitrogens with zero attached hydrogens (tertiary/aromatic N) is 3. The normalized spacial score (nSPS) is 15.8. The van der Waals surface area contributed by atoms with Crippen molar-refractivity contribution in [1.82, 2.24) is 10.2 Å². The van der Waals surface area contributed by atoms with Crippen LogP contribution in [-0.2, 0) is 11.2 Å². The van der Waals surface area contributed by atoms with Gasteiger partial charge in [0.1, 0.15) is 23.4 Å². The van der Waals surface area contributed by atoms with Crippen LogP contribution in [-0.4, -0.2) is 29.2 Å². The summed E-state index contributed by atoms with van der Waals surface area (Å²) in [6, 6.07) is 9.15. The molecule has 0 unspecified atom stereocenters. The maximum absolute atomic E-state index is 14.6. The van der Waals surface area contributed by atoms with Crippen LogP contribution in [0.25, 0.3) is 0 Å². The van der Waals surface area contributed by atoms with Crippen LogP contribution in [0, 0.1) is 11.6 Å². The lowest BCUT2D eigenvalue weighted by molar-refractivity contribution is -0.119. The molecule has 0 radical (unpaired) electrons.